The summed E-state index contributed by atoms with van der Waals surface area (Å²) < 4.78 is 0. The summed E-state index contributed by atoms with van der Waals surface area (Å²) in [6, 6.07) is 9.00. The molecule has 0 aliphatic heterocycles. The normalized spacial score (nSPS) is 21.1. The van der Waals surface area contributed by atoms with Crippen LogP contribution in [0.1, 0.15) is 36.3 Å². The molecule has 0 fully saturated rings. The van der Waals surface area contributed by atoms with E-state index in [0.29, 0.717) is 0 Å². The van der Waals surface area contributed by atoms with Gasteiger partial charge in [0.15, 0.2) is 0 Å². The number of benzene rings is 1. The van der Waals surface area contributed by atoms with Gasteiger partial charge in [0.25, 0.3) is 0 Å². The van der Waals surface area contributed by atoms with E-state index in [1.165, 1.54) is 32.2 Å². The Morgan fingerprint density at radius 2 is 2.00 bits per heavy atom. The Morgan fingerprint density at radius 1 is 1.20 bits per heavy atom. The molecule has 15 heavy (non-hydrogen) atoms. The van der Waals surface area contributed by atoms with Crippen molar-refractivity contribution in [2.24, 2.45) is 0 Å². The van der Waals surface area contributed by atoms with Gasteiger partial charge in [0, 0.05) is 6.54 Å². The molecule has 0 heterocycles. The Labute approximate surface area is 93.1 Å². The zero-order valence-electron chi connectivity index (χ0n) is 9.87. The van der Waals surface area contributed by atoms with Crippen molar-refractivity contribution in [3.63, 3.8) is 0 Å². The number of aryl methyl sites for hydroxylation is 1. The predicted molar refractivity (Wildman–Crippen MR) is 65.3 cm³/mol. The molecule has 0 saturated carbocycles. The maximum absolute atomic E-state index is 2.33. The third-order valence-corrected chi connectivity index (χ3v) is 3.33. The van der Waals surface area contributed by atoms with Crippen LogP contribution in [0.25, 0.3) is 0 Å². The molecule has 1 aliphatic rings. The molecule has 2 rings (SSSR count). The van der Waals surface area contributed by atoms with Gasteiger partial charge in [-0.05, 0) is 50.4 Å². The minimum absolute atomic E-state index is 0.749. The minimum atomic E-state index is 0.749. The summed E-state index contributed by atoms with van der Waals surface area (Å²) in [5.74, 6) is 0.749. The fraction of sp³-hybridized carbons (Fsp3) is 0.571. The summed E-state index contributed by atoms with van der Waals surface area (Å²) >= 11 is 0. The Bertz CT molecular complexity index is 317. The van der Waals surface area contributed by atoms with E-state index in [2.05, 4.69) is 43.3 Å². The van der Waals surface area contributed by atoms with Crippen molar-refractivity contribution < 1.29 is 0 Å². The minimum Gasteiger partial charge on any atom is -0.309 e. The van der Waals surface area contributed by atoms with Crippen LogP contribution in [0.3, 0.4) is 0 Å². The average molecular weight is 203 g/mol. The van der Waals surface area contributed by atoms with Gasteiger partial charge in [-0.15, -0.1) is 0 Å². The first-order valence-corrected chi connectivity index (χ1v) is 6.00. The van der Waals surface area contributed by atoms with Gasteiger partial charge in [-0.25, -0.2) is 0 Å². The third kappa shape index (κ3) is 2.60. The number of hydrogen-bond acceptors (Lipinski definition) is 1. The Hall–Kier alpha value is -0.820. The molecule has 1 atom stereocenters. The van der Waals surface area contributed by atoms with E-state index in [-0.39, 0.29) is 0 Å². The smallest absolute Gasteiger partial charge is 0.00443 e. The van der Waals surface area contributed by atoms with Crippen LogP contribution in [0.2, 0.25) is 0 Å². The molecule has 1 nitrogen and oxygen atoms in total. The number of rotatable bonds is 2. The number of fused-ring (bicyclic) bond motifs is 1. The van der Waals surface area contributed by atoms with Gasteiger partial charge in [-0.2, -0.15) is 0 Å². The molecule has 1 unspecified atom stereocenters. The van der Waals surface area contributed by atoms with Crippen molar-refractivity contribution in [2.45, 2.75) is 31.6 Å². The SMILES string of the molecule is CN(C)CC1CCCCc2ccccc21. The second-order valence-corrected chi connectivity index (χ2v) is 4.90. The van der Waals surface area contributed by atoms with E-state index in [0.717, 1.165) is 5.92 Å². The average Bonchev–Trinajstić information content (AvgIpc) is 2.41. The van der Waals surface area contributed by atoms with E-state index in [1.54, 1.807) is 11.1 Å². The molecular formula is C14H21N. The number of likely N-dealkylation sites (N-methyl/N-ethyl adjacent to an activating group) is 1. The molecular weight excluding hydrogens is 182 g/mol. The first-order valence-electron chi connectivity index (χ1n) is 6.00. The summed E-state index contributed by atoms with van der Waals surface area (Å²) in [6.07, 6.45) is 5.38. The second kappa shape index (κ2) is 4.80. The molecule has 0 aromatic heterocycles. The lowest BCUT2D eigenvalue weighted by Crippen LogP contribution is -2.20. The Morgan fingerprint density at radius 3 is 2.80 bits per heavy atom. The molecule has 1 aromatic carbocycles. The largest absolute Gasteiger partial charge is 0.309 e. The second-order valence-electron chi connectivity index (χ2n) is 4.90. The van der Waals surface area contributed by atoms with Gasteiger partial charge in [0.2, 0.25) is 0 Å². The van der Waals surface area contributed by atoms with Crippen LogP contribution in [0, 0.1) is 0 Å². The van der Waals surface area contributed by atoms with Gasteiger partial charge in [-0.3, -0.25) is 0 Å². The first kappa shape index (κ1) is 10.7. The van der Waals surface area contributed by atoms with Crippen molar-refractivity contribution in [3.8, 4) is 0 Å². The lowest BCUT2D eigenvalue weighted by atomic mass is 9.92. The molecule has 0 N–H and O–H groups in total. The summed E-state index contributed by atoms with van der Waals surface area (Å²) in [5, 5.41) is 0. The van der Waals surface area contributed by atoms with Crippen LogP contribution >= 0.6 is 0 Å². The van der Waals surface area contributed by atoms with Gasteiger partial charge < -0.3 is 4.90 Å². The van der Waals surface area contributed by atoms with Crippen LogP contribution in [0.15, 0.2) is 24.3 Å². The lowest BCUT2D eigenvalue weighted by molar-refractivity contribution is 0.361. The van der Waals surface area contributed by atoms with Gasteiger partial charge in [0.1, 0.15) is 0 Å². The monoisotopic (exact) mass is 203 g/mol. The highest BCUT2D eigenvalue weighted by Crippen LogP contribution is 2.30. The highest BCUT2D eigenvalue weighted by Gasteiger charge is 2.18. The maximum atomic E-state index is 2.33. The molecule has 82 valence electrons. The van der Waals surface area contributed by atoms with Crippen LogP contribution in [0.4, 0.5) is 0 Å². The Balaban J connectivity index is 2.24. The van der Waals surface area contributed by atoms with E-state index < -0.39 is 0 Å². The van der Waals surface area contributed by atoms with Gasteiger partial charge >= 0.3 is 0 Å². The molecule has 0 saturated heterocycles. The van der Waals surface area contributed by atoms with Crippen LogP contribution in [-0.2, 0) is 6.42 Å². The molecule has 0 radical (unpaired) electrons. The molecule has 1 aromatic rings. The van der Waals surface area contributed by atoms with E-state index in [1.807, 2.05) is 0 Å². The van der Waals surface area contributed by atoms with Crippen molar-refractivity contribution in [1.82, 2.24) is 4.90 Å². The van der Waals surface area contributed by atoms with Crippen LogP contribution < -0.4 is 0 Å². The molecule has 1 aliphatic carbocycles. The fourth-order valence-electron chi connectivity index (χ4n) is 2.65. The molecule has 1 heteroatoms. The maximum Gasteiger partial charge on any atom is 0.00443 e. The topological polar surface area (TPSA) is 3.24 Å². The highest BCUT2D eigenvalue weighted by atomic mass is 15.1. The fourth-order valence-corrected chi connectivity index (χ4v) is 2.65. The first-order chi connectivity index (χ1) is 7.27. The number of hydrogen-bond donors (Lipinski definition) is 0. The third-order valence-electron chi connectivity index (χ3n) is 3.33. The van der Waals surface area contributed by atoms with Crippen LogP contribution in [0.5, 0.6) is 0 Å². The quantitative estimate of drug-likeness (QED) is 0.668. The van der Waals surface area contributed by atoms with Gasteiger partial charge in [0.05, 0.1) is 0 Å². The van der Waals surface area contributed by atoms with Crippen molar-refractivity contribution in [2.75, 3.05) is 20.6 Å². The van der Waals surface area contributed by atoms with E-state index in [9.17, 15) is 0 Å². The summed E-state index contributed by atoms with van der Waals surface area (Å²) in [7, 11) is 4.35. The van der Waals surface area contributed by atoms with Crippen molar-refractivity contribution in [3.05, 3.63) is 35.4 Å². The summed E-state index contributed by atoms with van der Waals surface area (Å²) in [5.41, 5.74) is 3.19. The van der Waals surface area contributed by atoms with Crippen molar-refractivity contribution >= 4 is 0 Å². The predicted octanol–water partition coefficient (Wildman–Crippen LogP) is 3.06. The Kier molecular flexibility index (Phi) is 3.42. The lowest BCUT2D eigenvalue weighted by Gasteiger charge is -2.21. The van der Waals surface area contributed by atoms with E-state index in [4.69, 9.17) is 0 Å². The molecule has 0 bridgehead atoms. The summed E-state index contributed by atoms with van der Waals surface area (Å²) in [6.45, 7) is 1.19. The molecule has 0 spiro atoms. The van der Waals surface area contributed by atoms with Crippen LogP contribution in [-0.4, -0.2) is 25.5 Å². The standard InChI is InChI=1S/C14H21N/c1-15(2)11-13-9-4-3-7-12-8-5-6-10-14(12)13/h5-6,8,10,13H,3-4,7,9,11H2,1-2H3. The zero-order valence-corrected chi connectivity index (χ0v) is 9.87. The summed E-state index contributed by atoms with van der Waals surface area (Å²) in [4.78, 5) is 2.31. The number of nitrogens with zero attached hydrogens (tertiary/aromatic N) is 1. The van der Waals surface area contributed by atoms with Crippen molar-refractivity contribution in [1.29, 1.82) is 0 Å². The highest BCUT2D eigenvalue weighted by molar-refractivity contribution is 5.31. The van der Waals surface area contributed by atoms with Gasteiger partial charge in [-0.1, -0.05) is 30.7 Å². The van der Waals surface area contributed by atoms with E-state index >= 15 is 0 Å². The molecule has 0 amide bonds. The zero-order chi connectivity index (χ0) is 10.7.